The van der Waals surface area contributed by atoms with Gasteiger partial charge < -0.3 is 10.6 Å². The summed E-state index contributed by atoms with van der Waals surface area (Å²) in [6.45, 7) is 5.78. The topological polar surface area (TPSA) is 113 Å². The second-order valence-corrected chi connectivity index (χ2v) is 8.48. The number of carbonyl (C=O) groups excluding carboxylic acids is 1. The number of amides is 1. The summed E-state index contributed by atoms with van der Waals surface area (Å²) in [5.74, 6) is 1.04. The Morgan fingerprint density at radius 1 is 1.18 bits per heavy atom. The second kappa shape index (κ2) is 10.4. The summed E-state index contributed by atoms with van der Waals surface area (Å²) in [5.41, 5.74) is 2.36. The smallest absolute Gasteiger partial charge is 0.269 e. The van der Waals surface area contributed by atoms with Gasteiger partial charge in [0.15, 0.2) is 10.8 Å². The molecular formula is C22H25FN8OS. The summed E-state index contributed by atoms with van der Waals surface area (Å²) in [6, 6.07) is 7.59. The van der Waals surface area contributed by atoms with E-state index in [0.717, 1.165) is 41.1 Å². The van der Waals surface area contributed by atoms with Gasteiger partial charge in [-0.1, -0.05) is 25.6 Å². The van der Waals surface area contributed by atoms with E-state index in [1.165, 1.54) is 12.1 Å². The van der Waals surface area contributed by atoms with E-state index in [2.05, 4.69) is 49.7 Å². The number of nitrogens with zero attached hydrogens (tertiary/aromatic N) is 5. The number of nitrogens with one attached hydrogen (secondary N) is 3. The monoisotopic (exact) mass is 468 g/mol. The fourth-order valence-electron chi connectivity index (χ4n) is 3.25. The minimum absolute atomic E-state index is 0.283. The van der Waals surface area contributed by atoms with Crippen molar-refractivity contribution in [2.45, 2.75) is 32.0 Å². The van der Waals surface area contributed by atoms with E-state index < -0.39 is 0 Å². The van der Waals surface area contributed by atoms with Crippen molar-refractivity contribution in [3.05, 3.63) is 48.0 Å². The number of carbonyl (C=O) groups is 1. The first-order chi connectivity index (χ1) is 16.1. The Bertz CT molecular complexity index is 1240. The lowest BCUT2D eigenvalue weighted by molar-refractivity contribution is 0.0947. The molecule has 0 fully saturated rings. The van der Waals surface area contributed by atoms with Gasteiger partial charge in [-0.15, -0.1) is 0 Å². The van der Waals surface area contributed by atoms with Crippen LogP contribution in [0.1, 0.15) is 30.8 Å². The molecule has 3 heterocycles. The minimum Gasteiger partial charge on any atom is -0.369 e. The van der Waals surface area contributed by atoms with Crippen LogP contribution in [0.5, 0.6) is 0 Å². The average Bonchev–Trinajstić information content (AvgIpc) is 3.46. The van der Waals surface area contributed by atoms with Crippen LogP contribution in [0.4, 0.5) is 10.2 Å². The molecule has 9 nitrogen and oxygen atoms in total. The molecule has 1 aromatic carbocycles. The van der Waals surface area contributed by atoms with Gasteiger partial charge in [-0.05, 0) is 42.5 Å². The third-order valence-electron chi connectivity index (χ3n) is 4.86. The number of hydrogen-bond donors (Lipinski definition) is 3. The van der Waals surface area contributed by atoms with Crippen LogP contribution >= 0.6 is 11.8 Å². The molecule has 3 N–H and O–H groups in total. The first-order valence-corrected chi connectivity index (χ1v) is 11.8. The molecule has 4 aromatic rings. The van der Waals surface area contributed by atoms with Gasteiger partial charge in [-0.2, -0.15) is 10.2 Å². The zero-order valence-electron chi connectivity index (χ0n) is 18.4. The van der Waals surface area contributed by atoms with Crippen molar-refractivity contribution in [2.24, 2.45) is 0 Å². The lowest BCUT2D eigenvalue weighted by Gasteiger charge is -2.09. The number of benzene rings is 1. The molecule has 1 amide bonds. The molecule has 3 aromatic heterocycles. The SMILES string of the molecule is CCCNc1nc(SCC)nc2c1cnn2CCNC(=O)c1cc(-c2ccc(F)cc2)n[nH]1. The highest BCUT2D eigenvalue weighted by Gasteiger charge is 2.14. The summed E-state index contributed by atoms with van der Waals surface area (Å²) in [5, 5.41) is 19.1. The minimum atomic E-state index is -0.322. The van der Waals surface area contributed by atoms with Crippen molar-refractivity contribution in [3.8, 4) is 11.3 Å². The first-order valence-electron chi connectivity index (χ1n) is 10.8. The highest BCUT2D eigenvalue weighted by molar-refractivity contribution is 7.99. The molecule has 0 aliphatic heterocycles. The van der Waals surface area contributed by atoms with Crippen molar-refractivity contribution in [3.63, 3.8) is 0 Å². The number of aromatic nitrogens is 6. The predicted molar refractivity (Wildman–Crippen MR) is 127 cm³/mol. The van der Waals surface area contributed by atoms with Crippen LogP contribution in [-0.4, -0.2) is 54.7 Å². The van der Waals surface area contributed by atoms with Gasteiger partial charge in [0.1, 0.15) is 17.3 Å². The Balaban J connectivity index is 1.43. The summed E-state index contributed by atoms with van der Waals surface area (Å²) in [4.78, 5) is 21.8. The number of H-pyrrole nitrogens is 1. The van der Waals surface area contributed by atoms with Gasteiger partial charge in [0.2, 0.25) is 0 Å². The molecule has 0 unspecified atom stereocenters. The fourth-order valence-corrected chi connectivity index (χ4v) is 3.81. The summed E-state index contributed by atoms with van der Waals surface area (Å²) < 4.78 is 14.9. The van der Waals surface area contributed by atoms with Crippen LogP contribution in [0.25, 0.3) is 22.3 Å². The van der Waals surface area contributed by atoms with Crippen LogP contribution in [0.2, 0.25) is 0 Å². The Morgan fingerprint density at radius 3 is 2.76 bits per heavy atom. The third-order valence-corrected chi connectivity index (χ3v) is 5.59. The van der Waals surface area contributed by atoms with Gasteiger partial charge in [0.05, 0.1) is 23.8 Å². The van der Waals surface area contributed by atoms with E-state index in [1.807, 2.05) is 0 Å². The van der Waals surface area contributed by atoms with Gasteiger partial charge in [-0.25, -0.2) is 19.0 Å². The molecule has 11 heteroatoms. The third kappa shape index (κ3) is 5.30. The highest BCUT2D eigenvalue weighted by Crippen LogP contribution is 2.24. The molecule has 33 heavy (non-hydrogen) atoms. The lowest BCUT2D eigenvalue weighted by Crippen LogP contribution is -2.27. The number of thioether (sulfide) groups is 1. The van der Waals surface area contributed by atoms with Crippen molar-refractivity contribution in [1.29, 1.82) is 0 Å². The Labute approximate surface area is 194 Å². The molecule has 0 aliphatic carbocycles. The maximum Gasteiger partial charge on any atom is 0.269 e. The van der Waals surface area contributed by atoms with E-state index >= 15 is 0 Å². The summed E-state index contributed by atoms with van der Waals surface area (Å²) in [6.07, 6.45) is 2.73. The van der Waals surface area contributed by atoms with Gasteiger partial charge in [0, 0.05) is 18.7 Å². The van der Waals surface area contributed by atoms with Gasteiger partial charge in [0.25, 0.3) is 5.91 Å². The number of fused-ring (bicyclic) bond motifs is 1. The Hall–Kier alpha value is -3.47. The quantitative estimate of drug-likeness (QED) is 0.240. The Kier molecular flexibility index (Phi) is 7.18. The van der Waals surface area contributed by atoms with E-state index in [0.29, 0.717) is 29.6 Å². The average molecular weight is 469 g/mol. The lowest BCUT2D eigenvalue weighted by atomic mass is 10.1. The fraction of sp³-hybridized carbons (Fsp3) is 0.318. The molecule has 0 saturated carbocycles. The van der Waals surface area contributed by atoms with Crippen LogP contribution in [0, 0.1) is 5.82 Å². The molecule has 4 rings (SSSR count). The number of rotatable bonds is 10. The van der Waals surface area contributed by atoms with Gasteiger partial charge >= 0.3 is 0 Å². The first kappa shape index (κ1) is 22.7. The zero-order valence-corrected chi connectivity index (χ0v) is 19.2. The normalized spacial score (nSPS) is 11.1. The standard InChI is InChI=1S/C22H25FN8OS/c1-3-9-24-19-16-13-26-31(20(16)28-22(27-19)33-4-2)11-10-25-21(32)18-12-17(29-30-18)14-5-7-15(23)8-6-14/h5-8,12-13H,3-4,9-11H2,1-2H3,(H,25,32)(H,29,30)(H,24,27,28). The number of anilines is 1. The van der Waals surface area contributed by atoms with Crippen LogP contribution in [0.15, 0.2) is 41.7 Å². The molecule has 0 atom stereocenters. The zero-order chi connectivity index (χ0) is 23.2. The van der Waals surface area contributed by atoms with Crippen molar-refractivity contribution in [1.82, 2.24) is 35.3 Å². The molecular weight excluding hydrogens is 443 g/mol. The van der Waals surface area contributed by atoms with Crippen LogP contribution in [-0.2, 0) is 6.54 Å². The Morgan fingerprint density at radius 2 is 2.00 bits per heavy atom. The molecule has 0 bridgehead atoms. The molecule has 0 saturated heterocycles. The number of halogens is 1. The van der Waals surface area contributed by atoms with E-state index in [9.17, 15) is 9.18 Å². The molecule has 0 radical (unpaired) electrons. The highest BCUT2D eigenvalue weighted by atomic mass is 32.2. The van der Waals surface area contributed by atoms with E-state index in [4.69, 9.17) is 0 Å². The number of aromatic amines is 1. The van der Waals surface area contributed by atoms with Crippen LogP contribution in [0.3, 0.4) is 0 Å². The number of hydrogen-bond acceptors (Lipinski definition) is 7. The van der Waals surface area contributed by atoms with E-state index in [-0.39, 0.29) is 11.7 Å². The second-order valence-electron chi connectivity index (χ2n) is 7.25. The summed E-state index contributed by atoms with van der Waals surface area (Å²) in [7, 11) is 0. The molecule has 172 valence electrons. The largest absolute Gasteiger partial charge is 0.369 e. The van der Waals surface area contributed by atoms with Crippen molar-refractivity contribution >= 4 is 34.5 Å². The summed E-state index contributed by atoms with van der Waals surface area (Å²) >= 11 is 1.57. The van der Waals surface area contributed by atoms with Gasteiger partial charge in [-0.3, -0.25) is 9.89 Å². The van der Waals surface area contributed by atoms with Crippen molar-refractivity contribution in [2.75, 3.05) is 24.2 Å². The maximum absolute atomic E-state index is 13.1. The molecule has 0 spiro atoms. The van der Waals surface area contributed by atoms with Crippen LogP contribution < -0.4 is 10.6 Å². The molecule has 0 aliphatic rings. The predicted octanol–water partition coefficient (Wildman–Crippen LogP) is 3.72. The van der Waals surface area contributed by atoms with E-state index in [1.54, 1.807) is 40.8 Å². The van der Waals surface area contributed by atoms with Crippen molar-refractivity contribution < 1.29 is 9.18 Å². The maximum atomic E-state index is 13.1.